The second-order valence-electron chi connectivity index (χ2n) is 5.29. The molecule has 0 fully saturated rings. The minimum absolute atomic E-state index is 0.0507. The van der Waals surface area contributed by atoms with Crippen LogP contribution in [0.2, 0.25) is 0 Å². The van der Waals surface area contributed by atoms with E-state index in [0.717, 1.165) is 22.4 Å². The Labute approximate surface area is 120 Å². The van der Waals surface area contributed by atoms with Crippen LogP contribution in [0.3, 0.4) is 0 Å². The maximum atomic E-state index is 12.7. The van der Waals surface area contributed by atoms with E-state index in [0.29, 0.717) is 5.56 Å². The molecule has 2 heteroatoms. The average molecular weight is 268 g/mol. The van der Waals surface area contributed by atoms with E-state index in [2.05, 4.69) is 0 Å². The fourth-order valence-corrected chi connectivity index (χ4v) is 2.30. The number of hydrogen-bond donors (Lipinski definition) is 0. The third-order valence-corrected chi connectivity index (χ3v) is 3.18. The molecule has 2 aromatic carbocycles. The first kappa shape index (κ1) is 14.3. The first-order chi connectivity index (χ1) is 9.49. The van der Waals surface area contributed by atoms with Crippen molar-refractivity contribution in [2.45, 2.75) is 33.8 Å². The normalized spacial score (nSPS) is 10.7. The Bertz CT molecular complexity index is 607. The van der Waals surface area contributed by atoms with Gasteiger partial charge >= 0.3 is 0 Å². The van der Waals surface area contributed by atoms with Crippen LogP contribution in [-0.4, -0.2) is 11.9 Å². The van der Waals surface area contributed by atoms with Crippen LogP contribution in [0, 0.1) is 13.8 Å². The molecule has 0 unspecified atom stereocenters. The average Bonchev–Trinajstić information content (AvgIpc) is 2.38. The monoisotopic (exact) mass is 268 g/mol. The number of ether oxygens (including phenoxy) is 1. The quantitative estimate of drug-likeness (QED) is 0.772. The van der Waals surface area contributed by atoms with Gasteiger partial charge in [-0.05, 0) is 51.0 Å². The molecule has 0 saturated heterocycles. The van der Waals surface area contributed by atoms with Gasteiger partial charge in [0, 0.05) is 11.1 Å². The molecule has 2 rings (SSSR count). The minimum Gasteiger partial charge on any atom is -0.491 e. The van der Waals surface area contributed by atoms with Gasteiger partial charge < -0.3 is 4.74 Å². The van der Waals surface area contributed by atoms with Crippen LogP contribution in [0.5, 0.6) is 5.75 Å². The second kappa shape index (κ2) is 5.91. The molecule has 0 aliphatic rings. The Kier molecular flexibility index (Phi) is 4.23. The zero-order valence-electron chi connectivity index (χ0n) is 12.4. The number of carbonyl (C=O) groups excluding carboxylic acids is 1. The van der Waals surface area contributed by atoms with Crippen molar-refractivity contribution in [3.63, 3.8) is 0 Å². The summed E-state index contributed by atoms with van der Waals surface area (Å²) in [6.45, 7) is 7.88. The standard InChI is InChI=1S/C18H20O2/c1-12(2)20-16-10-6-9-15(11-16)18(19)17-13(3)7-5-8-14(17)4/h5-12H,1-4H3. The molecule has 104 valence electrons. The number of hydrogen-bond acceptors (Lipinski definition) is 2. The lowest BCUT2D eigenvalue weighted by atomic mass is 9.95. The zero-order chi connectivity index (χ0) is 14.7. The summed E-state index contributed by atoms with van der Waals surface area (Å²) in [6.07, 6.45) is 0.0977. The van der Waals surface area contributed by atoms with E-state index in [9.17, 15) is 4.79 Å². The van der Waals surface area contributed by atoms with E-state index >= 15 is 0 Å². The molecule has 2 nitrogen and oxygen atoms in total. The van der Waals surface area contributed by atoms with Crippen LogP contribution in [0.1, 0.15) is 40.9 Å². The molecular formula is C18H20O2. The predicted octanol–water partition coefficient (Wildman–Crippen LogP) is 4.32. The van der Waals surface area contributed by atoms with Crippen molar-refractivity contribution in [3.05, 3.63) is 64.7 Å². The van der Waals surface area contributed by atoms with Gasteiger partial charge in [0.2, 0.25) is 0 Å². The van der Waals surface area contributed by atoms with E-state index in [1.165, 1.54) is 0 Å². The Balaban J connectivity index is 2.39. The van der Waals surface area contributed by atoms with Crippen LogP contribution in [0.25, 0.3) is 0 Å². The van der Waals surface area contributed by atoms with Crippen LogP contribution in [0.15, 0.2) is 42.5 Å². The molecule has 0 heterocycles. The van der Waals surface area contributed by atoms with Crippen molar-refractivity contribution in [3.8, 4) is 5.75 Å². The van der Waals surface area contributed by atoms with Crippen LogP contribution < -0.4 is 4.74 Å². The highest BCUT2D eigenvalue weighted by atomic mass is 16.5. The molecule has 0 spiro atoms. The SMILES string of the molecule is Cc1cccc(C)c1C(=O)c1cccc(OC(C)C)c1. The second-order valence-corrected chi connectivity index (χ2v) is 5.29. The van der Waals surface area contributed by atoms with Gasteiger partial charge in [-0.25, -0.2) is 0 Å². The van der Waals surface area contributed by atoms with Crippen molar-refractivity contribution in [2.75, 3.05) is 0 Å². The molecule has 0 amide bonds. The Morgan fingerprint density at radius 2 is 1.60 bits per heavy atom. The molecule has 2 aromatic rings. The van der Waals surface area contributed by atoms with E-state index < -0.39 is 0 Å². The van der Waals surface area contributed by atoms with E-state index in [1.807, 2.05) is 70.2 Å². The molecule has 0 N–H and O–H groups in total. The molecule has 20 heavy (non-hydrogen) atoms. The first-order valence-electron chi connectivity index (χ1n) is 6.86. The van der Waals surface area contributed by atoms with E-state index in [-0.39, 0.29) is 11.9 Å². The summed E-state index contributed by atoms with van der Waals surface area (Å²) in [5, 5.41) is 0. The van der Waals surface area contributed by atoms with Crippen molar-refractivity contribution in [2.24, 2.45) is 0 Å². The van der Waals surface area contributed by atoms with Crippen molar-refractivity contribution in [1.29, 1.82) is 0 Å². The minimum atomic E-state index is 0.0507. The van der Waals surface area contributed by atoms with Gasteiger partial charge in [-0.3, -0.25) is 4.79 Å². The molecule has 0 radical (unpaired) electrons. The fourth-order valence-electron chi connectivity index (χ4n) is 2.30. The molecule has 0 aliphatic carbocycles. The van der Waals surface area contributed by atoms with Crippen molar-refractivity contribution in [1.82, 2.24) is 0 Å². The molecule has 0 aliphatic heterocycles. The third kappa shape index (κ3) is 3.08. The third-order valence-electron chi connectivity index (χ3n) is 3.18. The molecule has 0 saturated carbocycles. The lowest BCUT2D eigenvalue weighted by Crippen LogP contribution is -2.08. The van der Waals surface area contributed by atoms with E-state index in [1.54, 1.807) is 0 Å². The number of benzene rings is 2. The number of aryl methyl sites for hydroxylation is 2. The van der Waals surface area contributed by atoms with Crippen molar-refractivity contribution >= 4 is 5.78 Å². The molecular weight excluding hydrogens is 248 g/mol. The highest BCUT2D eigenvalue weighted by Crippen LogP contribution is 2.21. The molecule has 0 aromatic heterocycles. The fraction of sp³-hybridized carbons (Fsp3) is 0.278. The number of ketones is 1. The number of carbonyl (C=O) groups is 1. The van der Waals surface area contributed by atoms with Gasteiger partial charge in [-0.15, -0.1) is 0 Å². The summed E-state index contributed by atoms with van der Waals surface area (Å²) in [5.41, 5.74) is 3.46. The van der Waals surface area contributed by atoms with Gasteiger partial charge in [0.1, 0.15) is 5.75 Å². The molecule has 0 bridgehead atoms. The molecule has 0 atom stereocenters. The van der Waals surface area contributed by atoms with Crippen LogP contribution in [0.4, 0.5) is 0 Å². The lowest BCUT2D eigenvalue weighted by molar-refractivity contribution is 0.103. The Morgan fingerprint density at radius 3 is 2.20 bits per heavy atom. The van der Waals surface area contributed by atoms with Crippen LogP contribution >= 0.6 is 0 Å². The summed E-state index contributed by atoms with van der Waals surface area (Å²) in [7, 11) is 0. The lowest BCUT2D eigenvalue weighted by Gasteiger charge is -2.12. The van der Waals surface area contributed by atoms with Crippen molar-refractivity contribution < 1.29 is 9.53 Å². The topological polar surface area (TPSA) is 26.3 Å². The summed E-state index contributed by atoms with van der Waals surface area (Å²) < 4.78 is 5.65. The highest BCUT2D eigenvalue weighted by Gasteiger charge is 2.14. The van der Waals surface area contributed by atoms with E-state index in [4.69, 9.17) is 4.74 Å². The Morgan fingerprint density at radius 1 is 1.00 bits per heavy atom. The number of rotatable bonds is 4. The maximum Gasteiger partial charge on any atom is 0.193 e. The smallest absolute Gasteiger partial charge is 0.193 e. The summed E-state index contributed by atoms with van der Waals surface area (Å²) in [5.74, 6) is 0.784. The predicted molar refractivity (Wildman–Crippen MR) is 81.6 cm³/mol. The highest BCUT2D eigenvalue weighted by molar-refractivity contribution is 6.11. The van der Waals surface area contributed by atoms with Gasteiger partial charge in [0.15, 0.2) is 5.78 Å². The summed E-state index contributed by atoms with van der Waals surface area (Å²) in [6, 6.07) is 13.3. The van der Waals surface area contributed by atoms with Crippen LogP contribution in [-0.2, 0) is 0 Å². The zero-order valence-corrected chi connectivity index (χ0v) is 12.4. The van der Waals surface area contributed by atoms with Gasteiger partial charge in [-0.1, -0.05) is 30.3 Å². The van der Waals surface area contributed by atoms with Gasteiger partial charge in [0.25, 0.3) is 0 Å². The van der Waals surface area contributed by atoms with Gasteiger partial charge in [0.05, 0.1) is 6.10 Å². The first-order valence-corrected chi connectivity index (χ1v) is 6.86. The maximum absolute atomic E-state index is 12.7. The van der Waals surface area contributed by atoms with Gasteiger partial charge in [-0.2, -0.15) is 0 Å². The Hall–Kier alpha value is -2.09. The largest absolute Gasteiger partial charge is 0.491 e. The summed E-state index contributed by atoms with van der Waals surface area (Å²) in [4.78, 5) is 12.7. The summed E-state index contributed by atoms with van der Waals surface area (Å²) >= 11 is 0.